The van der Waals surface area contributed by atoms with Crippen molar-refractivity contribution in [2.45, 2.75) is 31.3 Å². The monoisotopic (exact) mass is 340 g/mol. The summed E-state index contributed by atoms with van der Waals surface area (Å²) in [5, 5.41) is 13.2. The van der Waals surface area contributed by atoms with Gasteiger partial charge < -0.3 is 0 Å². The van der Waals surface area contributed by atoms with Crippen LogP contribution >= 0.6 is 15.9 Å². The van der Waals surface area contributed by atoms with Gasteiger partial charge in [0.05, 0.1) is 6.07 Å². The zero-order chi connectivity index (χ0) is 14.7. The average Bonchev–Trinajstić information content (AvgIpc) is 2.54. The summed E-state index contributed by atoms with van der Waals surface area (Å²) in [5.74, 6) is 0. The fraction of sp³-hybridized carbons (Fsp3) is 0.278. The van der Waals surface area contributed by atoms with E-state index < -0.39 is 5.54 Å². The van der Waals surface area contributed by atoms with Crippen LogP contribution in [0, 0.1) is 11.3 Å². The molecule has 0 aliphatic heterocycles. The van der Waals surface area contributed by atoms with E-state index in [1.54, 1.807) is 0 Å². The highest BCUT2D eigenvalue weighted by molar-refractivity contribution is 9.10. The molecule has 1 aliphatic rings. The minimum Gasteiger partial charge on any atom is -0.295 e. The number of benzene rings is 2. The van der Waals surface area contributed by atoms with Crippen LogP contribution in [0.1, 0.15) is 23.1 Å². The molecule has 3 rings (SSSR count). The fourth-order valence-electron chi connectivity index (χ4n) is 2.91. The highest BCUT2D eigenvalue weighted by Gasteiger charge is 2.34. The Hall–Kier alpha value is -1.63. The highest BCUT2D eigenvalue weighted by atomic mass is 79.9. The lowest BCUT2D eigenvalue weighted by Gasteiger charge is -2.33. The van der Waals surface area contributed by atoms with E-state index in [9.17, 15) is 5.26 Å². The molecule has 0 fully saturated rings. The van der Waals surface area contributed by atoms with E-state index in [1.165, 1.54) is 16.7 Å². The lowest BCUT2D eigenvalue weighted by molar-refractivity contribution is 0.364. The van der Waals surface area contributed by atoms with Gasteiger partial charge in [-0.05, 0) is 41.7 Å². The number of hydrogen-bond acceptors (Lipinski definition) is 2. The molecule has 0 saturated carbocycles. The fourth-order valence-corrected chi connectivity index (χ4v) is 3.32. The largest absolute Gasteiger partial charge is 0.295 e. The minimum absolute atomic E-state index is 0.448. The smallest absolute Gasteiger partial charge is 0.111 e. The normalized spacial score (nSPS) is 20.6. The van der Waals surface area contributed by atoms with Crippen LogP contribution in [0.25, 0.3) is 0 Å². The number of nitriles is 1. The Morgan fingerprint density at radius 2 is 1.95 bits per heavy atom. The van der Waals surface area contributed by atoms with Crippen LogP contribution in [-0.2, 0) is 19.4 Å². The molecule has 0 bridgehead atoms. The number of rotatable bonds is 3. The van der Waals surface area contributed by atoms with Crippen LogP contribution in [0.4, 0.5) is 0 Å². The molecule has 0 saturated heterocycles. The van der Waals surface area contributed by atoms with E-state index in [0.717, 1.165) is 30.3 Å². The van der Waals surface area contributed by atoms with Crippen molar-refractivity contribution in [3.63, 3.8) is 0 Å². The molecule has 1 unspecified atom stereocenters. The highest BCUT2D eigenvalue weighted by Crippen LogP contribution is 2.30. The van der Waals surface area contributed by atoms with Gasteiger partial charge in [0.15, 0.2) is 0 Å². The van der Waals surface area contributed by atoms with Crippen molar-refractivity contribution >= 4 is 15.9 Å². The van der Waals surface area contributed by atoms with Gasteiger partial charge in [-0.25, -0.2) is 0 Å². The molecule has 1 N–H and O–H groups in total. The second kappa shape index (κ2) is 6.01. The number of halogens is 1. The number of nitrogens with one attached hydrogen (secondary N) is 1. The zero-order valence-corrected chi connectivity index (χ0v) is 13.4. The van der Waals surface area contributed by atoms with Crippen molar-refractivity contribution in [1.82, 2.24) is 5.32 Å². The van der Waals surface area contributed by atoms with Gasteiger partial charge in [0, 0.05) is 17.4 Å². The van der Waals surface area contributed by atoms with Gasteiger partial charge in [-0.15, -0.1) is 0 Å². The SMILES string of the molecule is N#CC1(NCc2ccccc2)CCc2cc(Br)ccc2C1. The Balaban J connectivity index is 1.77. The van der Waals surface area contributed by atoms with Gasteiger partial charge in [-0.2, -0.15) is 5.26 Å². The molecule has 2 aromatic rings. The van der Waals surface area contributed by atoms with Crippen LogP contribution in [-0.4, -0.2) is 5.54 Å². The van der Waals surface area contributed by atoms with Crippen LogP contribution < -0.4 is 5.32 Å². The molecule has 21 heavy (non-hydrogen) atoms. The number of nitrogens with zero attached hydrogens (tertiary/aromatic N) is 1. The Bertz CT molecular complexity index is 675. The van der Waals surface area contributed by atoms with Crippen molar-refractivity contribution in [2.24, 2.45) is 0 Å². The van der Waals surface area contributed by atoms with E-state index in [1.807, 2.05) is 18.2 Å². The molecule has 0 aromatic heterocycles. The van der Waals surface area contributed by atoms with Crippen LogP contribution in [0.3, 0.4) is 0 Å². The molecule has 2 nitrogen and oxygen atoms in total. The third kappa shape index (κ3) is 3.18. The van der Waals surface area contributed by atoms with Gasteiger partial charge >= 0.3 is 0 Å². The number of fused-ring (bicyclic) bond motifs is 1. The Labute approximate surface area is 133 Å². The van der Waals surface area contributed by atoms with Crippen LogP contribution in [0.15, 0.2) is 53.0 Å². The predicted molar refractivity (Wildman–Crippen MR) is 87.8 cm³/mol. The molecule has 106 valence electrons. The Morgan fingerprint density at radius 3 is 2.71 bits per heavy atom. The van der Waals surface area contributed by atoms with Gasteiger partial charge in [-0.3, -0.25) is 5.32 Å². The summed E-state index contributed by atoms with van der Waals surface area (Å²) in [6.45, 7) is 0.736. The van der Waals surface area contributed by atoms with E-state index in [-0.39, 0.29) is 0 Å². The molecule has 0 spiro atoms. The summed E-state index contributed by atoms with van der Waals surface area (Å²) in [5.41, 5.74) is 3.41. The van der Waals surface area contributed by atoms with Gasteiger partial charge in [0.25, 0.3) is 0 Å². The Kier molecular flexibility index (Phi) is 4.10. The first-order valence-electron chi connectivity index (χ1n) is 7.18. The Morgan fingerprint density at radius 1 is 1.14 bits per heavy atom. The maximum Gasteiger partial charge on any atom is 0.111 e. The minimum atomic E-state index is -0.448. The first-order chi connectivity index (χ1) is 10.2. The maximum atomic E-state index is 9.68. The average molecular weight is 341 g/mol. The second-order valence-electron chi connectivity index (χ2n) is 5.62. The molecule has 2 aromatic carbocycles. The van der Waals surface area contributed by atoms with Gasteiger partial charge in [0.1, 0.15) is 5.54 Å². The molecule has 0 radical (unpaired) electrons. The quantitative estimate of drug-likeness (QED) is 0.916. The molecule has 0 heterocycles. The van der Waals surface area contributed by atoms with E-state index in [2.05, 4.69) is 57.6 Å². The van der Waals surface area contributed by atoms with E-state index >= 15 is 0 Å². The van der Waals surface area contributed by atoms with E-state index in [4.69, 9.17) is 0 Å². The van der Waals surface area contributed by atoms with Crippen molar-refractivity contribution in [3.05, 3.63) is 69.7 Å². The summed E-state index contributed by atoms with van der Waals surface area (Å²) in [4.78, 5) is 0. The van der Waals surface area contributed by atoms with E-state index in [0.29, 0.717) is 0 Å². The lowest BCUT2D eigenvalue weighted by Crippen LogP contribution is -2.47. The summed E-state index contributed by atoms with van der Waals surface area (Å²) < 4.78 is 1.11. The van der Waals surface area contributed by atoms with Crippen LogP contribution in [0.2, 0.25) is 0 Å². The lowest BCUT2D eigenvalue weighted by atomic mass is 9.78. The van der Waals surface area contributed by atoms with Crippen molar-refractivity contribution < 1.29 is 0 Å². The third-order valence-electron chi connectivity index (χ3n) is 4.17. The summed E-state index contributed by atoms with van der Waals surface area (Å²) in [7, 11) is 0. The molecule has 0 amide bonds. The number of hydrogen-bond donors (Lipinski definition) is 1. The molecular weight excluding hydrogens is 324 g/mol. The molecule has 1 aliphatic carbocycles. The predicted octanol–water partition coefficient (Wildman–Crippen LogP) is 3.99. The standard InChI is InChI=1S/C18H17BrN2/c19-17-7-6-16-11-18(13-20,9-8-15(16)10-17)21-12-14-4-2-1-3-5-14/h1-7,10,21H,8-9,11-12H2. The summed E-state index contributed by atoms with van der Waals surface area (Å²) >= 11 is 3.52. The molecule has 1 atom stereocenters. The molecule has 3 heteroatoms. The molecular formula is C18H17BrN2. The van der Waals surface area contributed by atoms with Crippen molar-refractivity contribution in [1.29, 1.82) is 5.26 Å². The van der Waals surface area contributed by atoms with Gasteiger partial charge in [0.2, 0.25) is 0 Å². The summed E-state index contributed by atoms with van der Waals surface area (Å²) in [6.07, 6.45) is 2.59. The first kappa shape index (κ1) is 14.3. The zero-order valence-electron chi connectivity index (χ0n) is 11.8. The maximum absolute atomic E-state index is 9.68. The van der Waals surface area contributed by atoms with Gasteiger partial charge in [-0.1, -0.05) is 52.3 Å². The topological polar surface area (TPSA) is 35.8 Å². The first-order valence-corrected chi connectivity index (χ1v) is 7.98. The van der Waals surface area contributed by atoms with Crippen molar-refractivity contribution in [2.75, 3.05) is 0 Å². The van der Waals surface area contributed by atoms with Crippen molar-refractivity contribution in [3.8, 4) is 6.07 Å². The summed E-state index contributed by atoms with van der Waals surface area (Å²) in [6, 6.07) is 19.1. The van der Waals surface area contributed by atoms with Crippen LogP contribution in [0.5, 0.6) is 0 Å². The third-order valence-corrected chi connectivity index (χ3v) is 4.66. The second-order valence-corrected chi connectivity index (χ2v) is 6.54. The number of aryl methyl sites for hydroxylation is 1.